The van der Waals surface area contributed by atoms with E-state index in [0.29, 0.717) is 12.3 Å². The van der Waals surface area contributed by atoms with Crippen LogP contribution in [0, 0.1) is 17.7 Å². The molecular weight excluding hydrogens is 227 g/mol. The SMILES string of the molecule is CC1CCC(C(C)(O)Cc2cccc(F)c2)CC1. The first kappa shape index (κ1) is 13.5. The fourth-order valence-electron chi connectivity index (χ4n) is 3.09. The van der Waals surface area contributed by atoms with E-state index in [1.165, 1.54) is 25.0 Å². The predicted octanol–water partition coefficient (Wildman–Crippen LogP) is 3.95. The molecule has 1 nitrogen and oxygen atoms in total. The monoisotopic (exact) mass is 250 g/mol. The number of halogens is 1. The lowest BCUT2D eigenvalue weighted by Gasteiger charge is -2.37. The summed E-state index contributed by atoms with van der Waals surface area (Å²) in [6.07, 6.45) is 5.12. The Bertz CT molecular complexity index is 392. The smallest absolute Gasteiger partial charge is 0.123 e. The summed E-state index contributed by atoms with van der Waals surface area (Å²) in [7, 11) is 0. The van der Waals surface area contributed by atoms with Crippen molar-refractivity contribution in [1.82, 2.24) is 0 Å². The van der Waals surface area contributed by atoms with Crippen LogP contribution in [-0.2, 0) is 6.42 Å². The Morgan fingerprint density at radius 1 is 1.28 bits per heavy atom. The minimum absolute atomic E-state index is 0.222. The third-order valence-corrected chi connectivity index (χ3v) is 4.35. The van der Waals surface area contributed by atoms with Gasteiger partial charge < -0.3 is 5.11 Å². The Hall–Kier alpha value is -0.890. The average molecular weight is 250 g/mol. The van der Waals surface area contributed by atoms with Gasteiger partial charge in [0.25, 0.3) is 0 Å². The molecule has 1 fully saturated rings. The van der Waals surface area contributed by atoms with Crippen LogP contribution < -0.4 is 0 Å². The van der Waals surface area contributed by atoms with E-state index in [1.54, 1.807) is 6.07 Å². The van der Waals surface area contributed by atoms with Gasteiger partial charge in [-0.3, -0.25) is 0 Å². The summed E-state index contributed by atoms with van der Waals surface area (Å²) >= 11 is 0. The Balaban J connectivity index is 2.02. The predicted molar refractivity (Wildman–Crippen MR) is 71.8 cm³/mol. The zero-order valence-electron chi connectivity index (χ0n) is 11.3. The molecule has 1 atom stereocenters. The van der Waals surface area contributed by atoms with Gasteiger partial charge in [0, 0.05) is 6.42 Å². The van der Waals surface area contributed by atoms with E-state index in [4.69, 9.17) is 0 Å². The highest BCUT2D eigenvalue weighted by Gasteiger charge is 2.34. The first-order valence-corrected chi connectivity index (χ1v) is 6.94. The van der Waals surface area contributed by atoms with Gasteiger partial charge in [-0.15, -0.1) is 0 Å². The number of hydrogen-bond donors (Lipinski definition) is 1. The van der Waals surface area contributed by atoms with Crippen LogP contribution in [0.4, 0.5) is 4.39 Å². The van der Waals surface area contributed by atoms with Crippen LogP contribution in [0.25, 0.3) is 0 Å². The normalized spacial score (nSPS) is 27.8. The number of rotatable bonds is 3. The van der Waals surface area contributed by atoms with Gasteiger partial charge in [-0.1, -0.05) is 31.9 Å². The molecule has 0 spiro atoms. The highest BCUT2D eigenvalue weighted by Crippen LogP contribution is 2.36. The maximum atomic E-state index is 13.2. The molecule has 0 saturated heterocycles. The van der Waals surface area contributed by atoms with Gasteiger partial charge in [-0.05, 0) is 49.3 Å². The van der Waals surface area contributed by atoms with Gasteiger partial charge in [0.1, 0.15) is 5.82 Å². The molecule has 1 aliphatic rings. The third kappa shape index (κ3) is 3.32. The minimum Gasteiger partial charge on any atom is -0.390 e. The van der Waals surface area contributed by atoms with Crippen LogP contribution in [0.3, 0.4) is 0 Å². The van der Waals surface area contributed by atoms with Gasteiger partial charge in [-0.25, -0.2) is 4.39 Å². The second kappa shape index (κ2) is 5.40. The van der Waals surface area contributed by atoms with Crippen molar-refractivity contribution in [3.05, 3.63) is 35.6 Å². The van der Waals surface area contributed by atoms with Crippen molar-refractivity contribution >= 4 is 0 Å². The fraction of sp³-hybridized carbons (Fsp3) is 0.625. The summed E-state index contributed by atoms with van der Waals surface area (Å²) in [5.74, 6) is 0.906. The molecule has 2 rings (SSSR count). The average Bonchev–Trinajstić information content (AvgIpc) is 2.29. The molecule has 1 aromatic rings. The highest BCUT2D eigenvalue weighted by molar-refractivity contribution is 5.18. The van der Waals surface area contributed by atoms with Gasteiger partial charge in [0.05, 0.1) is 5.60 Å². The van der Waals surface area contributed by atoms with Crippen molar-refractivity contribution in [2.45, 2.75) is 51.6 Å². The molecule has 1 unspecified atom stereocenters. The molecule has 1 N–H and O–H groups in total. The lowest BCUT2D eigenvalue weighted by Crippen LogP contribution is -2.39. The van der Waals surface area contributed by atoms with Crippen molar-refractivity contribution in [3.63, 3.8) is 0 Å². The molecule has 0 amide bonds. The maximum absolute atomic E-state index is 13.2. The Morgan fingerprint density at radius 3 is 2.56 bits per heavy atom. The topological polar surface area (TPSA) is 20.2 Å². The van der Waals surface area contributed by atoms with Crippen molar-refractivity contribution in [1.29, 1.82) is 0 Å². The van der Waals surface area contributed by atoms with Crippen LogP contribution in [0.5, 0.6) is 0 Å². The molecule has 0 aromatic heterocycles. The van der Waals surface area contributed by atoms with E-state index < -0.39 is 5.60 Å². The molecule has 1 saturated carbocycles. The molecule has 0 heterocycles. The summed E-state index contributed by atoms with van der Waals surface area (Å²) in [6.45, 7) is 4.18. The van der Waals surface area contributed by atoms with Gasteiger partial charge in [0.15, 0.2) is 0 Å². The standard InChI is InChI=1S/C16H23FO/c1-12-6-8-14(9-7-12)16(2,18)11-13-4-3-5-15(17)10-13/h3-5,10,12,14,18H,6-9,11H2,1-2H3. The van der Waals surface area contributed by atoms with Gasteiger partial charge in [0.2, 0.25) is 0 Å². The highest BCUT2D eigenvalue weighted by atomic mass is 19.1. The number of aliphatic hydroxyl groups is 1. The largest absolute Gasteiger partial charge is 0.390 e. The quantitative estimate of drug-likeness (QED) is 0.861. The van der Waals surface area contributed by atoms with Crippen LogP contribution >= 0.6 is 0 Å². The van der Waals surface area contributed by atoms with Gasteiger partial charge in [-0.2, -0.15) is 0 Å². The minimum atomic E-state index is -0.714. The van der Waals surface area contributed by atoms with E-state index in [-0.39, 0.29) is 5.82 Å². The van der Waals surface area contributed by atoms with Crippen molar-refractivity contribution in [2.24, 2.45) is 11.8 Å². The maximum Gasteiger partial charge on any atom is 0.123 e. The van der Waals surface area contributed by atoms with E-state index in [9.17, 15) is 9.50 Å². The zero-order chi connectivity index (χ0) is 13.2. The van der Waals surface area contributed by atoms with Crippen LogP contribution in [0.15, 0.2) is 24.3 Å². The third-order valence-electron chi connectivity index (χ3n) is 4.35. The van der Waals surface area contributed by atoms with Crippen molar-refractivity contribution in [3.8, 4) is 0 Å². The van der Waals surface area contributed by atoms with Crippen LogP contribution in [-0.4, -0.2) is 10.7 Å². The first-order chi connectivity index (χ1) is 8.47. The second-order valence-electron chi connectivity index (χ2n) is 6.12. The molecule has 0 aliphatic heterocycles. The summed E-state index contributed by atoms with van der Waals surface area (Å²) < 4.78 is 13.2. The summed E-state index contributed by atoms with van der Waals surface area (Å²) in [4.78, 5) is 0. The van der Waals surface area contributed by atoms with E-state index in [0.717, 1.165) is 24.3 Å². The number of benzene rings is 1. The van der Waals surface area contributed by atoms with Gasteiger partial charge >= 0.3 is 0 Å². The number of hydrogen-bond acceptors (Lipinski definition) is 1. The molecule has 2 heteroatoms. The zero-order valence-corrected chi connectivity index (χ0v) is 11.3. The molecule has 0 radical (unpaired) electrons. The van der Waals surface area contributed by atoms with E-state index in [1.807, 2.05) is 13.0 Å². The first-order valence-electron chi connectivity index (χ1n) is 6.94. The molecule has 18 heavy (non-hydrogen) atoms. The van der Waals surface area contributed by atoms with Crippen molar-refractivity contribution in [2.75, 3.05) is 0 Å². The lowest BCUT2D eigenvalue weighted by atomic mass is 9.72. The summed E-state index contributed by atoms with van der Waals surface area (Å²) in [5, 5.41) is 10.6. The van der Waals surface area contributed by atoms with Crippen LogP contribution in [0.1, 0.15) is 45.1 Å². The van der Waals surface area contributed by atoms with Crippen molar-refractivity contribution < 1.29 is 9.50 Å². The molecule has 100 valence electrons. The van der Waals surface area contributed by atoms with E-state index >= 15 is 0 Å². The summed E-state index contributed by atoms with van der Waals surface area (Å²) in [5.41, 5.74) is 0.173. The molecule has 0 bridgehead atoms. The molecule has 1 aromatic carbocycles. The fourth-order valence-corrected chi connectivity index (χ4v) is 3.09. The summed E-state index contributed by atoms with van der Waals surface area (Å²) in [6, 6.07) is 6.58. The van der Waals surface area contributed by atoms with Crippen LogP contribution in [0.2, 0.25) is 0 Å². The second-order valence-corrected chi connectivity index (χ2v) is 6.12. The molecular formula is C16H23FO. The Kier molecular flexibility index (Phi) is 4.06. The Morgan fingerprint density at radius 2 is 1.94 bits per heavy atom. The molecule has 1 aliphatic carbocycles. The lowest BCUT2D eigenvalue weighted by molar-refractivity contribution is -0.0209. The Labute approximate surface area is 109 Å². The van der Waals surface area contributed by atoms with E-state index in [2.05, 4.69) is 6.92 Å².